The number of para-hydroxylation sites is 1. The summed E-state index contributed by atoms with van der Waals surface area (Å²) in [4.78, 5) is 18.0. The number of anilines is 1. The topological polar surface area (TPSA) is 59.2 Å². The van der Waals surface area contributed by atoms with Crippen LogP contribution in [0.1, 0.15) is 35.8 Å². The number of hydrogen-bond acceptors (Lipinski definition) is 4. The van der Waals surface area contributed by atoms with Crippen molar-refractivity contribution >= 4 is 11.6 Å². The smallest absolute Gasteiger partial charge is 0.250 e. The highest BCUT2D eigenvalue weighted by molar-refractivity contribution is 5.94. The van der Waals surface area contributed by atoms with Gasteiger partial charge >= 0.3 is 0 Å². The fourth-order valence-electron chi connectivity index (χ4n) is 3.31. The van der Waals surface area contributed by atoms with E-state index in [4.69, 9.17) is 4.52 Å². The van der Waals surface area contributed by atoms with Gasteiger partial charge in [0, 0.05) is 31.0 Å². The second-order valence-electron chi connectivity index (χ2n) is 6.16. The fourth-order valence-corrected chi connectivity index (χ4v) is 3.31. The third-order valence-electron chi connectivity index (χ3n) is 4.48. The molecule has 0 saturated carbocycles. The van der Waals surface area contributed by atoms with Crippen LogP contribution in [0, 0.1) is 11.6 Å². The average molecular weight is 355 g/mol. The van der Waals surface area contributed by atoms with Gasteiger partial charge in [0.15, 0.2) is 5.82 Å². The summed E-state index contributed by atoms with van der Waals surface area (Å²) < 4.78 is 32.9. The van der Waals surface area contributed by atoms with Crippen LogP contribution in [0.2, 0.25) is 0 Å². The molecule has 0 aliphatic carbocycles. The van der Waals surface area contributed by atoms with Gasteiger partial charge in [-0.3, -0.25) is 9.69 Å². The second-order valence-corrected chi connectivity index (χ2v) is 6.16. The van der Waals surface area contributed by atoms with Gasteiger partial charge in [0.1, 0.15) is 17.7 Å². The first kappa shape index (κ1) is 16.4. The molecule has 2 aromatic carbocycles. The Kier molecular flexibility index (Phi) is 3.99. The summed E-state index contributed by atoms with van der Waals surface area (Å²) in [6, 6.07) is 10.8. The lowest BCUT2D eigenvalue weighted by atomic mass is 10.1. The van der Waals surface area contributed by atoms with E-state index in [2.05, 4.69) is 10.1 Å². The number of benzene rings is 2. The average Bonchev–Trinajstić information content (AvgIpc) is 3.22. The highest BCUT2D eigenvalue weighted by Crippen LogP contribution is 2.39. The van der Waals surface area contributed by atoms with Crippen molar-refractivity contribution in [3.8, 4) is 0 Å². The number of carbonyl (C=O) groups is 1. The highest BCUT2D eigenvalue weighted by atomic mass is 19.1. The van der Waals surface area contributed by atoms with Crippen LogP contribution >= 0.6 is 0 Å². The van der Waals surface area contributed by atoms with Crippen LogP contribution in [0.4, 0.5) is 14.5 Å². The molecular weight excluding hydrogens is 340 g/mol. The van der Waals surface area contributed by atoms with Crippen molar-refractivity contribution in [2.24, 2.45) is 0 Å². The zero-order valence-electron chi connectivity index (χ0n) is 13.9. The number of rotatable bonds is 3. The number of amides is 1. The van der Waals surface area contributed by atoms with Crippen LogP contribution in [0.15, 0.2) is 47.0 Å². The van der Waals surface area contributed by atoms with Crippen LogP contribution in [0.25, 0.3) is 0 Å². The van der Waals surface area contributed by atoms with E-state index in [1.165, 1.54) is 25.1 Å². The molecule has 0 saturated heterocycles. The molecule has 1 aliphatic heterocycles. The Bertz CT molecular complexity index is 966. The van der Waals surface area contributed by atoms with Crippen molar-refractivity contribution in [1.82, 2.24) is 10.1 Å². The largest absolute Gasteiger partial charge is 0.337 e. The molecule has 132 valence electrons. The molecule has 3 aromatic rings. The highest BCUT2D eigenvalue weighted by Gasteiger charge is 2.36. The van der Waals surface area contributed by atoms with Crippen molar-refractivity contribution < 1.29 is 18.1 Å². The van der Waals surface area contributed by atoms with E-state index in [0.717, 1.165) is 11.3 Å². The Balaban J connectivity index is 1.63. The first-order chi connectivity index (χ1) is 12.5. The number of fused-ring (bicyclic) bond motifs is 1. The molecule has 5 nitrogen and oxygen atoms in total. The lowest BCUT2D eigenvalue weighted by molar-refractivity contribution is -0.117. The van der Waals surface area contributed by atoms with E-state index in [-0.39, 0.29) is 29.6 Å². The Labute approximate surface area is 148 Å². The van der Waals surface area contributed by atoms with Gasteiger partial charge in [0.05, 0.1) is 0 Å². The van der Waals surface area contributed by atoms with Crippen molar-refractivity contribution in [2.75, 3.05) is 4.90 Å². The standard InChI is InChI=1S/C19H15F2N3O2/c1-11(25)24-16-8-3-2-5-12(16)9-17(24)19-22-18(23-26-19)10-13-14(20)6-4-7-15(13)21/h2-8,17H,9-10H2,1H3/t17-/m0/s1. The Morgan fingerprint density at radius 3 is 2.65 bits per heavy atom. The molecule has 0 N–H and O–H groups in total. The van der Waals surface area contributed by atoms with Crippen molar-refractivity contribution in [3.05, 3.63) is 76.9 Å². The summed E-state index contributed by atoms with van der Waals surface area (Å²) in [6.45, 7) is 1.47. The van der Waals surface area contributed by atoms with Crippen LogP contribution in [0.5, 0.6) is 0 Å². The van der Waals surface area contributed by atoms with Crippen LogP contribution < -0.4 is 4.90 Å². The molecule has 26 heavy (non-hydrogen) atoms. The van der Waals surface area contributed by atoms with E-state index in [1.54, 1.807) is 4.90 Å². The SMILES string of the molecule is CC(=O)N1c2ccccc2C[C@H]1c1nc(Cc2c(F)cccc2F)no1. The maximum absolute atomic E-state index is 13.8. The van der Waals surface area contributed by atoms with Gasteiger partial charge in [0.2, 0.25) is 11.8 Å². The van der Waals surface area contributed by atoms with Crippen LogP contribution in [-0.4, -0.2) is 16.0 Å². The Hall–Kier alpha value is -3.09. The normalized spacial score (nSPS) is 16.0. The summed E-state index contributed by atoms with van der Waals surface area (Å²) in [5.74, 6) is -1.03. The van der Waals surface area contributed by atoms with E-state index >= 15 is 0 Å². The van der Waals surface area contributed by atoms with Crippen LogP contribution in [0.3, 0.4) is 0 Å². The van der Waals surface area contributed by atoms with Crippen LogP contribution in [-0.2, 0) is 17.6 Å². The van der Waals surface area contributed by atoms with Gasteiger partial charge in [-0.05, 0) is 23.8 Å². The van der Waals surface area contributed by atoms with Gasteiger partial charge in [-0.2, -0.15) is 4.98 Å². The molecule has 0 unspecified atom stereocenters. The minimum Gasteiger partial charge on any atom is -0.337 e. The summed E-state index contributed by atoms with van der Waals surface area (Å²) in [5.41, 5.74) is 1.70. The number of carbonyl (C=O) groups excluding carboxylic acids is 1. The van der Waals surface area contributed by atoms with Crippen molar-refractivity contribution in [3.63, 3.8) is 0 Å². The Morgan fingerprint density at radius 2 is 1.92 bits per heavy atom. The molecule has 0 fully saturated rings. The first-order valence-corrected chi connectivity index (χ1v) is 8.17. The summed E-state index contributed by atoms with van der Waals surface area (Å²) >= 11 is 0. The van der Waals surface area contributed by atoms with Gasteiger partial charge in [-0.25, -0.2) is 8.78 Å². The molecule has 4 rings (SSSR count). The predicted molar refractivity (Wildman–Crippen MR) is 89.5 cm³/mol. The number of hydrogen-bond donors (Lipinski definition) is 0. The van der Waals surface area contributed by atoms with E-state index in [0.29, 0.717) is 6.42 Å². The molecule has 1 amide bonds. The predicted octanol–water partition coefficient (Wildman–Crippen LogP) is 3.59. The second kappa shape index (κ2) is 6.33. The summed E-state index contributed by atoms with van der Waals surface area (Å²) in [7, 11) is 0. The molecule has 0 radical (unpaired) electrons. The van der Waals surface area contributed by atoms with Crippen molar-refractivity contribution in [2.45, 2.75) is 25.8 Å². The van der Waals surface area contributed by atoms with E-state index in [1.807, 2.05) is 24.3 Å². The monoisotopic (exact) mass is 355 g/mol. The minimum atomic E-state index is -0.657. The van der Waals surface area contributed by atoms with Gasteiger partial charge in [-0.1, -0.05) is 29.4 Å². The number of nitrogens with zero attached hydrogens (tertiary/aromatic N) is 3. The number of aromatic nitrogens is 2. The molecule has 2 heterocycles. The molecule has 1 aliphatic rings. The third kappa shape index (κ3) is 2.75. The quantitative estimate of drug-likeness (QED) is 0.720. The lowest BCUT2D eigenvalue weighted by Gasteiger charge is -2.21. The van der Waals surface area contributed by atoms with Crippen molar-refractivity contribution in [1.29, 1.82) is 0 Å². The zero-order chi connectivity index (χ0) is 18.3. The summed E-state index contributed by atoms with van der Waals surface area (Å²) in [6.07, 6.45) is 0.424. The Morgan fingerprint density at radius 1 is 1.19 bits per heavy atom. The molecule has 1 aromatic heterocycles. The van der Waals surface area contributed by atoms with Gasteiger partial charge < -0.3 is 4.52 Å². The first-order valence-electron chi connectivity index (χ1n) is 8.17. The molecule has 0 spiro atoms. The van der Waals surface area contributed by atoms with E-state index in [9.17, 15) is 13.6 Å². The molecule has 7 heteroatoms. The molecule has 0 bridgehead atoms. The van der Waals surface area contributed by atoms with Gasteiger partial charge in [0.25, 0.3) is 0 Å². The number of halogens is 2. The molecule has 1 atom stereocenters. The fraction of sp³-hybridized carbons (Fsp3) is 0.211. The third-order valence-corrected chi connectivity index (χ3v) is 4.48. The minimum absolute atomic E-state index is 0.113. The maximum Gasteiger partial charge on any atom is 0.250 e. The van der Waals surface area contributed by atoms with E-state index < -0.39 is 17.7 Å². The lowest BCUT2D eigenvalue weighted by Crippen LogP contribution is -2.30. The molecular formula is C19H15F2N3O2. The van der Waals surface area contributed by atoms with Gasteiger partial charge in [-0.15, -0.1) is 0 Å². The zero-order valence-corrected chi connectivity index (χ0v) is 13.9. The maximum atomic E-state index is 13.8. The summed E-state index contributed by atoms with van der Waals surface area (Å²) in [5, 5.41) is 3.84.